The lowest BCUT2D eigenvalue weighted by molar-refractivity contribution is -0.380. The van der Waals surface area contributed by atoms with Crippen molar-refractivity contribution in [2.45, 2.75) is 0 Å². The maximum Gasteiger partial charge on any atom is 0.345 e. The smallest absolute Gasteiger partial charge is 0.345 e. The van der Waals surface area contributed by atoms with Crippen LogP contribution < -0.4 is 0 Å². The van der Waals surface area contributed by atoms with Gasteiger partial charge in [0.25, 0.3) is 6.02 Å². The van der Waals surface area contributed by atoms with Crippen molar-refractivity contribution >= 4 is 27.5 Å². The Kier molecular flexibility index (Phi) is 3.49. The van der Waals surface area contributed by atoms with Gasteiger partial charge in [-0.3, -0.25) is 10.1 Å². The van der Waals surface area contributed by atoms with Crippen molar-refractivity contribution in [3.8, 4) is 0 Å². The van der Waals surface area contributed by atoms with Gasteiger partial charge in [0.15, 0.2) is 0 Å². The predicted octanol–water partition coefficient (Wildman–Crippen LogP) is 0.363. The monoisotopic (exact) mass is 258 g/mol. The lowest BCUT2D eigenvalue weighted by atomic mass is 10.5. The van der Waals surface area contributed by atoms with Crippen molar-refractivity contribution in [1.29, 1.82) is 0 Å². The fourth-order valence-corrected chi connectivity index (χ4v) is 1.94. The minimum atomic E-state index is -0.512. The Morgan fingerprint density at radius 1 is 1.76 bits per heavy atom. The number of aromatic nitrogens is 1. The maximum atomic E-state index is 10.5. The molecule has 1 aliphatic heterocycles. The van der Waals surface area contributed by atoms with E-state index in [0.717, 1.165) is 17.5 Å². The zero-order chi connectivity index (χ0) is 12.3. The third-order valence-corrected chi connectivity index (χ3v) is 2.93. The highest BCUT2D eigenvalue weighted by atomic mass is 32.1. The van der Waals surface area contributed by atoms with E-state index >= 15 is 0 Å². The fraction of sp³-hybridized carbons (Fsp3) is 0.500. The normalized spacial score (nSPS) is 17.5. The molecule has 17 heavy (non-hydrogen) atoms. The Bertz CT molecular complexity index is 446. The molecular weight excluding hydrogens is 248 g/mol. The summed E-state index contributed by atoms with van der Waals surface area (Å²) in [6, 6.07) is 0.350. The molecule has 1 fully saturated rings. The van der Waals surface area contributed by atoms with Gasteiger partial charge in [0.1, 0.15) is 12.8 Å². The standard InChI is InChI=1S/C8H10N4O4S/c13-3-1-11-2-4-16-8(11)10-7-9-5-6(17-7)12(14)15/h5,13H,1-4H2/b10-8+. The van der Waals surface area contributed by atoms with Crippen molar-refractivity contribution in [1.82, 2.24) is 9.88 Å². The largest absolute Gasteiger partial charge is 0.463 e. The summed E-state index contributed by atoms with van der Waals surface area (Å²) >= 11 is 0.881. The van der Waals surface area contributed by atoms with Crippen LogP contribution in [-0.2, 0) is 4.74 Å². The van der Waals surface area contributed by atoms with E-state index < -0.39 is 4.92 Å². The quantitative estimate of drug-likeness (QED) is 0.618. The minimum absolute atomic E-state index is 0.000394. The van der Waals surface area contributed by atoms with Gasteiger partial charge in [0.05, 0.1) is 18.1 Å². The van der Waals surface area contributed by atoms with Gasteiger partial charge >= 0.3 is 5.00 Å². The number of thiazole rings is 1. The van der Waals surface area contributed by atoms with Crippen LogP contribution in [0.3, 0.4) is 0 Å². The summed E-state index contributed by atoms with van der Waals surface area (Å²) in [7, 11) is 0. The molecule has 0 bridgehead atoms. The summed E-state index contributed by atoms with van der Waals surface area (Å²) in [4.78, 5) is 19.6. The van der Waals surface area contributed by atoms with Crippen LogP contribution in [0.25, 0.3) is 0 Å². The van der Waals surface area contributed by atoms with Gasteiger partial charge in [-0.2, -0.15) is 4.99 Å². The number of ether oxygens (including phenoxy) is 1. The molecule has 1 saturated heterocycles. The molecule has 9 heteroatoms. The molecule has 0 atom stereocenters. The zero-order valence-corrected chi connectivity index (χ0v) is 9.59. The molecule has 0 amide bonds. The van der Waals surface area contributed by atoms with E-state index in [1.165, 1.54) is 0 Å². The summed E-state index contributed by atoms with van der Waals surface area (Å²) in [5.41, 5.74) is 0. The highest BCUT2D eigenvalue weighted by Crippen LogP contribution is 2.28. The Labute approximate surface area is 100 Å². The second-order valence-corrected chi connectivity index (χ2v) is 4.18. The Balaban J connectivity index is 2.14. The molecular formula is C8H10N4O4S. The van der Waals surface area contributed by atoms with Gasteiger partial charge in [-0.25, -0.2) is 4.98 Å². The molecule has 1 N–H and O–H groups in total. The number of aliphatic imine (C=N–C) groups is 1. The van der Waals surface area contributed by atoms with Crippen molar-refractivity contribution < 1.29 is 14.8 Å². The maximum absolute atomic E-state index is 10.5. The molecule has 1 aromatic rings. The summed E-state index contributed by atoms with van der Waals surface area (Å²) < 4.78 is 5.25. The lowest BCUT2D eigenvalue weighted by Crippen LogP contribution is -2.28. The third kappa shape index (κ3) is 2.68. The number of amidine groups is 1. The van der Waals surface area contributed by atoms with Gasteiger partial charge < -0.3 is 14.7 Å². The lowest BCUT2D eigenvalue weighted by Gasteiger charge is -2.12. The number of nitro groups is 1. The summed E-state index contributed by atoms with van der Waals surface area (Å²) in [6.07, 6.45) is 1.16. The summed E-state index contributed by atoms with van der Waals surface area (Å²) in [5.74, 6) is 0. The zero-order valence-electron chi connectivity index (χ0n) is 8.77. The Hall–Kier alpha value is -1.74. The predicted molar refractivity (Wildman–Crippen MR) is 60.5 cm³/mol. The summed E-state index contributed by atoms with van der Waals surface area (Å²) in [6.45, 7) is 1.56. The van der Waals surface area contributed by atoms with Crippen LogP contribution in [0, 0.1) is 10.1 Å². The van der Waals surface area contributed by atoms with Gasteiger partial charge in [-0.05, 0) is 11.3 Å². The second kappa shape index (κ2) is 5.06. The van der Waals surface area contributed by atoms with Crippen LogP contribution in [-0.4, -0.2) is 52.2 Å². The first-order valence-electron chi connectivity index (χ1n) is 4.88. The molecule has 8 nitrogen and oxygen atoms in total. The molecule has 1 aromatic heterocycles. The molecule has 0 radical (unpaired) electrons. The first-order chi connectivity index (χ1) is 8.20. The average molecular weight is 258 g/mol. The van der Waals surface area contributed by atoms with Crippen LogP contribution >= 0.6 is 11.3 Å². The molecule has 0 aromatic carbocycles. The summed E-state index contributed by atoms with van der Waals surface area (Å²) in [5, 5.41) is 19.5. The topological polar surface area (TPSA) is 101 Å². The Morgan fingerprint density at radius 2 is 2.59 bits per heavy atom. The van der Waals surface area contributed by atoms with Crippen LogP contribution in [0.2, 0.25) is 0 Å². The number of nitrogens with zero attached hydrogens (tertiary/aromatic N) is 4. The SMILES string of the molecule is O=[N+]([O-])c1cnc(/N=C2/OCCN2CCO)s1. The van der Waals surface area contributed by atoms with E-state index in [9.17, 15) is 10.1 Å². The number of β-amino-alcohol motifs (C(OH)–C–C–N with tert-alkyl or cyclic N) is 1. The third-order valence-electron chi connectivity index (χ3n) is 2.09. The van der Waals surface area contributed by atoms with Crippen LogP contribution in [0.15, 0.2) is 11.2 Å². The molecule has 1 aliphatic rings. The number of rotatable bonds is 4. The molecule has 0 saturated carbocycles. The van der Waals surface area contributed by atoms with Gasteiger partial charge in [-0.1, -0.05) is 0 Å². The average Bonchev–Trinajstić information content (AvgIpc) is 2.90. The highest BCUT2D eigenvalue weighted by molar-refractivity contribution is 7.18. The molecule has 0 spiro atoms. The molecule has 92 valence electrons. The first-order valence-corrected chi connectivity index (χ1v) is 5.70. The molecule has 0 unspecified atom stereocenters. The van der Waals surface area contributed by atoms with E-state index in [-0.39, 0.29) is 16.7 Å². The van der Waals surface area contributed by atoms with E-state index in [1.807, 2.05) is 0 Å². The van der Waals surface area contributed by atoms with Crippen LogP contribution in [0.1, 0.15) is 0 Å². The molecule has 2 heterocycles. The van der Waals surface area contributed by atoms with Gasteiger partial charge in [0.2, 0.25) is 5.13 Å². The molecule has 2 rings (SSSR count). The van der Waals surface area contributed by atoms with Crippen molar-refractivity contribution in [3.63, 3.8) is 0 Å². The van der Waals surface area contributed by atoms with E-state index in [4.69, 9.17) is 9.84 Å². The van der Waals surface area contributed by atoms with Crippen LogP contribution in [0.4, 0.5) is 10.1 Å². The number of aliphatic hydroxyl groups is 1. The number of hydrogen-bond donors (Lipinski definition) is 1. The van der Waals surface area contributed by atoms with E-state index in [1.54, 1.807) is 4.90 Å². The number of aliphatic hydroxyl groups excluding tert-OH is 1. The number of hydrogen-bond acceptors (Lipinski definition) is 7. The van der Waals surface area contributed by atoms with E-state index in [2.05, 4.69) is 9.98 Å². The van der Waals surface area contributed by atoms with Crippen molar-refractivity contribution in [2.24, 2.45) is 4.99 Å². The van der Waals surface area contributed by atoms with E-state index in [0.29, 0.717) is 25.7 Å². The van der Waals surface area contributed by atoms with Crippen molar-refractivity contribution in [2.75, 3.05) is 26.3 Å². The van der Waals surface area contributed by atoms with Crippen molar-refractivity contribution in [3.05, 3.63) is 16.3 Å². The Morgan fingerprint density at radius 3 is 3.24 bits per heavy atom. The van der Waals surface area contributed by atoms with Gasteiger partial charge in [0, 0.05) is 6.54 Å². The molecule has 0 aliphatic carbocycles. The van der Waals surface area contributed by atoms with Crippen LogP contribution in [0.5, 0.6) is 0 Å². The second-order valence-electron chi connectivity index (χ2n) is 3.19. The minimum Gasteiger partial charge on any atom is -0.463 e. The first kappa shape index (κ1) is 11.7. The highest BCUT2D eigenvalue weighted by Gasteiger charge is 2.21. The van der Waals surface area contributed by atoms with Gasteiger partial charge in [-0.15, -0.1) is 0 Å². The fourth-order valence-electron chi connectivity index (χ4n) is 1.34.